The first-order valence-electron chi connectivity index (χ1n) is 7.90. The molecule has 0 saturated carbocycles. The third-order valence-electron chi connectivity index (χ3n) is 3.97. The van der Waals surface area contributed by atoms with Gasteiger partial charge in [0, 0.05) is 10.0 Å². The van der Waals surface area contributed by atoms with Gasteiger partial charge in [0.05, 0.1) is 18.4 Å². The van der Waals surface area contributed by atoms with Crippen LogP contribution in [0.2, 0.25) is 0 Å². The standard InChI is InChI=1S/C19H13BrN2O5S/c1-27-15-7-4-12(20)8-11(15)9-14-16(23)21-19(28)22(17(14)24)13-5-2-10(3-6-13)18(25)26/h2-9H,1H3,(H,25,26)(H,21,23,28)/b14-9+. The molecular weight excluding hydrogens is 448 g/mol. The van der Waals surface area contributed by atoms with Crippen LogP contribution in [0, 0.1) is 0 Å². The van der Waals surface area contributed by atoms with Crippen molar-refractivity contribution >= 4 is 62.8 Å². The summed E-state index contributed by atoms with van der Waals surface area (Å²) >= 11 is 8.48. The molecule has 28 heavy (non-hydrogen) atoms. The summed E-state index contributed by atoms with van der Waals surface area (Å²) in [5, 5.41) is 11.4. The number of nitrogens with zero attached hydrogens (tertiary/aromatic N) is 1. The number of hydrogen-bond donors (Lipinski definition) is 2. The third kappa shape index (κ3) is 3.80. The second kappa shape index (κ2) is 7.91. The van der Waals surface area contributed by atoms with Crippen LogP contribution in [0.4, 0.5) is 5.69 Å². The number of aromatic carboxylic acids is 1. The van der Waals surface area contributed by atoms with Crippen LogP contribution < -0.4 is 15.0 Å². The van der Waals surface area contributed by atoms with E-state index in [0.717, 1.165) is 9.37 Å². The number of carboxylic acid groups (broad SMARTS) is 1. The summed E-state index contributed by atoms with van der Waals surface area (Å²) in [6, 6.07) is 10.8. The number of thiocarbonyl (C=S) groups is 1. The molecule has 1 aliphatic rings. The minimum absolute atomic E-state index is 0.0674. The first-order chi connectivity index (χ1) is 13.3. The number of benzene rings is 2. The van der Waals surface area contributed by atoms with Crippen molar-refractivity contribution < 1.29 is 24.2 Å². The molecule has 0 radical (unpaired) electrons. The Kier molecular flexibility index (Phi) is 5.57. The summed E-state index contributed by atoms with van der Waals surface area (Å²) < 4.78 is 6.03. The van der Waals surface area contributed by atoms with E-state index in [1.807, 2.05) is 0 Å². The smallest absolute Gasteiger partial charge is 0.335 e. The third-order valence-corrected chi connectivity index (χ3v) is 4.74. The Balaban J connectivity index is 2.03. The Hall–Kier alpha value is -3.04. The number of carbonyl (C=O) groups excluding carboxylic acids is 2. The summed E-state index contributed by atoms with van der Waals surface area (Å²) in [5.74, 6) is -1.86. The van der Waals surface area contributed by atoms with Crippen LogP contribution in [-0.4, -0.2) is 35.1 Å². The SMILES string of the molecule is COc1ccc(Br)cc1/C=C1\C(=O)NC(=S)N(c2ccc(C(=O)O)cc2)C1=O. The summed E-state index contributed by atoms with van der Waals surface area (Å²) in [6.07, 6.45) is 1.42. The highest BCUT2D eigenvalue weighted by Gasteiger charge is 2.34. The molecule has 0 aliphatic carbocycles. The van der Waals surface area contributed by atoms with Gasteiger partial charge in [-0.2, -0.15) is 0 Å². The normalized spacial score (nSPS) is 15.6. The van der Waals surface area contributed by atoms with Gasteiger partial charge in [-0.05, 0) is 60.8 Å². The maximum absolute atomic E-state index is 13.0. The Labute approximate surface area is 173 Å². The van der Waals surface area contributed by atoms with E-state index in [-0.39, 0.29) is 16.2 Å². The quantitative estimate of drug-likeness (QED) is 0.413. The molecule has 0 bridgehead atoms. The zero-order chi connectivity index (χ0) is 20.4. The van der Waals surface area contributed by atoms with E-state index in [1.54, 1.807) is 18.2 Å². The zero-order valence-electron chi connectivity index (χ0n) is 14.4. The molecule has 2 aromatic rings. The lowest BCUT2D eigenvalue weighted by molar-refractivity contribution is -0.122. The first-order valence-corrected chi connectivity index (χ1v) is 9.10. The number of amides is 2. The second-order valence-corrected chi connectivity index (χ2v) is 7.00. The maximum Gasteiger partial charge on any atom is 0.335 e. The van der Waals surface area contributed by atoms with Gasteiger partial charge in [-0.15, -0.1) is 0 Å². The molecule has 7 nitrogen and oxygen atoms in total. The number of methoxy groups -OCH3 is 1. The van der Waals surface area contributed by atoms with Crippen LogP contribution >= 0.6 is 28.1 Å². The van der Waals surface area contributed by atoms with Crippen molar-refractivity contribution in [3.05, 3.63) is 63.6 Å². The lowest BCUT2D eigenvalue weighted by Gasteiger charge is -2.29. The van der Waals surface area contributed by atoms with Crippen molar-refractivity contribution in [3.63, 3.8) is 0 Å². The number of carboxylic acids is 1. The van der Waals surface area contributed by atoms with Crippen LogP contribution in [0.25, 0.3) is 6.08 Å². The highest BCUT2D eigenvalue weighted by atomic mass is 79.9. The van der Waals surface area contributed by atoms with Gasteiger partial charge in [-0.25, -0.2) is 4.79 Å². The summed E-state index contributed by atoms with van der Waals surface area (Å²) in [7, 11) is 1.49. The number of hydrogen-bond acceptors (Lipinski definition) is 5. The van der Waals surface area contributed by atoms with E-state index in [2.05, 4.69) is 21.2 Å². The maximum atomic E-state index is 13.0. The monoisotopic (exact) mass is 460 g/mol. The molecule has 9 heteroatoms. The summed E-state index contributed by atoms with van der Waals surface area (Å²) in [6.45, 7) is 0. The average molecular weight is 461 g/mol. The molecule has 0 unspecified atom stereocenters. The van der Waals surface area contributed by atoms with Gasteiger partial charge in [-0.3, -0.25) is 19.8 Å². The van der Waals surface area contributed by atoms with Crippen molar-refractivity contribution in [1.29, 1.82) is 0 Å². The van der Waals surface area contributed by atoms with Gasteiger partial charge < -0.3 is 9.84 Å². The van der Waals surface area contributed by atoms with Gasteiger partial charge in [-0.1, -0.05) is 15.9 Å². The van der Waals surface area contributed by atoms with Gasteiger partial charge in [0.15, 0.2) is 5.11 Å². The Morgan fingerprint density at radius 3 is 2.50 bits per heavy atom. The first kappa shape index (κ1) is 19.7. The lowest BCUT2D eigenvalue weighted by atomic mass is 10.1. The zero-order valence-corrected chi connectivity index (χ0v) is 16.8. The Bertz CT molecular complexity index is 1030. The number of halogens is 1. The molecule has 2 amide bonds. The molecule has 1 saturated heterocycles. The number of carbonyl (C=O) groups is 3. The van der Waals surface area contributed by atoms with Gasteiger partial charge in [0.2, 0.25) is 0 Å². The van der Waals surface area contributed by atoms with Crippen LogP contribution in [-0.2, 0) is 9.59 Å². The molecule has 1 heterocycles. The van der Waals surface area contributed by atoms with Crippen LogP contribution in [0.15, 0.2) is 52.5 Å². The predicted molar refractivity (Wildman–Crippen MR) is 110 cm³/mol. The topological polar surface area (TPSA) is 95.9 Å². The number of ether oxygens (including phenoxy) is 1. The molecule has 2 aromatic carbocycles. The Morgan fingerprint density at radius 1 is 1.21 bits per heavy atom. The van der Waals surface area contributed by atoms with Crippen molar-refractivity contribution in [1.82, 2.24) is 5.32 Å². The molecule has 0 spiro atoms. The van der Waals surface area contributed by atoms with Crippen LogP contribution in [0.5, 0.6) is 5.75 Å². The fourth-order valence-electron chi connectivity index (χ4n) is 2.62. The van der Waals surface area contributed by atoms with E-state index in [0.29, 0.717) is 17.0 Å². The van der Waals surface area contributed by atoms with E-state index >= 15 is 0 Å². The number of rotatable bonds is 4. The number of anilines is 1. The molecular formula is C19H13BrN2O5S. The van der Waals surface area contributed by atoms with Crippen molar-refractivity contribution in [2.45, 2.75) is 0 Å². The van der Waals surface area contributed by atoms with Gasteiger partial charge >= 0.3 is 5.97 Å². The van der Waals surface area contributed by atoms with E-state index in [9.17, 15) is 14.4 Å². The van der Waals surface area contributed by atoms with Gasteiger partial charge in [0.1, 0.15) is 11.3 Å². The largest absolute Gasteiger partial charge is 0.496 e. The Morgan fingerprint density at radius 2 is 1.89 bits per heavy atom. The number of nitrogens with one attached hydrogen (secondary N) is 1. The van der Waals surface area contributed by atoms with E-state index in [1.165, 1.54) is 37.5 Å². The minimum Gasteiger partial charge on any atom is -0.496 e. The van der Waals surface area contributed by atoms with E-state index in [4.69, 9.17) is 22.1 Å². The summed E-state index contributed by atoms with van der Waals surface area (Å²) in [5.41, 5.74) is 0.807. The van der Waals surface area contributed by atoms with Crippen molar-refractivity contribution in [3.8, 4) is 5.75 Å². The van der Waals surface area contributed by atoms with Crippen molar-refractivity contribution in [2.75, 3.05) is 12.0 Å². The van der Waals surface area contributed by atoms with Gasteiger partial charge in [0.25, 0.3) is 11.8 Å². The summed E-state index contributed by atoms with van der Waals surface area (Å²) in [4.78, 5) is 37.5. The molecule has 3 rings (SSSR count). The lowest BCUT2D eigenvalue weighted by Crippen LogP contribution is -2.54. The molecule has 2 N–H and O–H groups in total. The minimum atomic E-state index is -1.09. The fraction of sp³-hybridized carbons (Fsp3) is 0.0526. The molecule has 1 aliphatic heterocycles. The van der Waals surface area contributed by atoms with Crippen molar-refractivity contribution in [2.24, 2.45) is 0 Å². The van der Waals surface area contributed by atoms with Crippen LogP contribution in [0.3, 0.4) is 0 Å². The highest BCUT2D eigenvalue weighted by molar-refractivity contribution is 9.10. The van der Waals surface area contributed by atoms with Crippen LogP contribution in [0.1, 0.15) is 15.9 Å². The molecule has 0 atom stereocenters. The molecule has 1 fully saturated rings. The predicted octanol–water partition coefficient (Wildman–Crippen LogP) is 2.99. The molecule has 142 valence electrons. The molecule has 0 aromatic heterocycles. The highest BCUT2D eigenvalue weighted by Crippen LogP contribution is 2.28. The average Bonchev–Trinajstić information content (AvgIpc) is 2.65. The second-order valence-electron chi connectivity index (χ2n) is 5.70. The fourth-order valence-corrected chi connectivity index (χ4v) is 3.28. The van der Waals surface area contributed by atoms with E-state index < -0.39 is 17.8 Å².